The van der Waals surface area contributed by atoms with Gasteiger partial charge in [-0.15, -0.1) is 0 Å². The molecular formula is C8H14O2. The van der Waals surface area contributed by atoms with Crippen LogP contribution in [0.3, 0.4) is 0 Å². The summed E-state index contributed by atoms with van der Waals surface area (Å²) in [6, 6.07) is 0. The lowest BCUT2D eigenvalue weighted by Gasteiger charge is -2.08. The number of hydrogen-bond donors (Lipinski definition) is 0. The van der Waals surface area contributed by atoms with Crippen molar-refractivity contribution >= 4 is 5.78 Å². The number of carbonyl (C=O) groups excluding carboxylic acids is 1. The molecule has 0 aliphatic carbocycles. The quantitative estimate of drug-likeness (QED) is 0.559. The normalized spacial score (nSPS) is 15.0. The van der Waals surface area contributed by atoms with Crippen LogP contribution < -0.4 is 0 Å². The molecule has 58 valence electrons. The van der Waals surface area contributed by atoms with Gasteiger partial charge in [-0.2, -0.15) is 0 Å². The highest BCUT2D eigenvalue weighted by Crippen LogP contribution is 2.03. The molecule has 10 heavy (non-hydrogen) atoms. The molecule has 0 amide bonds. The summed E-state index contributed by atoms with van der Waals surface area (Å²) >= 11 is 0. The summed E-state index contributed by atoms with van der Waals surface area (Å²) in [4.78, 5) is 10.5. The molecule has 0 N–H and O–H groups in total. The smallest absolute Gasteiger partial charge is 0.152 e. The van der Waals surface area contributed by atoms with Crippen molar-refractivity contribution in [3.8, 4) is 0 Å². The Morgan fingerprint density at radius 1 is 1.50 bits per heavy atom. The van der Waals surface area contributed by atoms with Gasteiger partial charge in [0.1, 0.15) is 0 Å². The Morgan fingerprint density at radius 3 is 2.30 bits per heavy atom. The highest BCUT2D eigenvalue weighted by Gasteiger charge is 2.01. The molecule has 0 rings (SSSR count). The molecule has 1 unspecified atom stereocenters. The Hall–Kier alpha value is -0.630. The predicted molar refractivity (Wildman–Crippen MR) is 40.9 cm³/mol. The molecule has 0 saturated heterocycles. The Balaban J connectivity index is 4.04. The summed E-state index contributed by atoms with van der Waals surface area (Å²) < 4.78 is 4.99. The number of carbonyl (C=O) groups is 1. The van der Waals surface area contributed by atoms with Gasteiger partial charge in [0, 0.05) is 7.11 Å². The van der Waals surface area contributed by atoms with Crippen molar-refractivity contribution in [2.45, 2.75) is 26.9 Å². The summed E-state index contributed by atoms with van der Waals surface area (Å²) in [7, 11) is 1.63. The van der Waals surface area contributed by atoms with E-state index in [9.17, 15) is 4.79 Å². The molecule has 1 atom stereocenters. The van der Waals surface area contributed by atoms with Crippen molar-refractivity contribution < 1.29 is 9.53 Å². The summed E-state index contributed by atoms with van der Waals surface area (Å²) in [5.41, 5.74) is 0.968. The van der Waals surface area contributed by atoms with Crippen molar-refractivity contribution in [3.63, 3.8) is 0 Å². The second-order valence-corrected chi connectivity index (χ2v) is 2.38. The van der Waals surface area contributed by atoms with Gasteiger partial charge >= 0.3 is 0 Å². The van der Waals surface area contributed by atoms with Crippen LogP contribution in [0.2, 0.25) is 0 Å². The van der Waals surface area contributed by atoms with E-state index in [1.807, 2.05) is 13.8 Å². The maximum absolute atomic E-state index is 10.5. The van der Waals surface area contributed by atoms with E-state index in [0.29, 0.717) is 0 Å². The first-order valence-corrected chi connectivity index (χ1v) is 3.29. The van der Waals surface area contributed by atoms with Gasteiger partial charge in [0.15, 0.2) is 5.78 Å². The second-order valence-electron chi connectivity index (χ2n) is 2.38. The van der Waals surface area contributed by atoms with E-state index in [0.717, 1.165) is 5.57 Å². The number of methoxy groups -OCH3 is 1. The lowest BCUT2D eigenvalue weighted by Crippen LogP contribution is -2.07. The van der Waals surface area contributed by atoms with E-state index in [1.54, 1.807) is 13.2 Å². The van der Waals surface area contributed by atoms with Crippen LogP contribution in [0.5, 0.6) is 0 Å². The minimum atomic E-state index is 0.0453. The molecule has 2 nitrogen and oxygen atoms in total. The van der Waals surface area contributed by atoms with Gasteiger partial charge in [-0.25, -0.2) is 0 Å². The van der Waals surface area contributed by atoms with Crippen molar-refractivity contribution in [1.82, 2.24) is 0 Å². The zero-order valence-corrected chi connectivity index (χ0v) is 6.97. The van der Waals surface area contributed by atoms with Crippen LogP contribution in [-0.4, -0.2) is 19.0 Å². The first-order chi connectivity index (χ1) is 4.57. The van der Waals surface area contributed by atoms with E-state index in [1.165, 1.54) is 6.92 Å². The number of rotatable bonds is 3. The van der Waals surface area contributed by atoms with Gasteiger partial charge in [0.25, 0.3) is 0 Å². The minimum Gasteiger partial charge on any atom is -0.377 e. The maximum atomic E-state index is 10.5. The molecule has 0 aliphatic heterocycles. The van der Waals surface area contributed by atoms with Gasteiger partial charge in [0.2, 0.25) is 0 Å². The monoisotopic (exact) mass is 142 g/mol. The number of hydrogen-bond acceptors (Lipinski definition) is 2. The highest BCUT2D eigenvalue weighted by molar-refractivity contribution is 5.87. The molecule has 2 heteroatoms. The third-order valence-electron chi connectivity index (χ3n) is 1.43. The third-order valence-corrected chi connectivity index (χ3v) is 1.43. The van der Waals surface area contributed by atoms with Crippen molar-refractivity contribution in [2.24, 2.45) is 0 Å². The molecule has 0 bridgehead atoms. The van der Waals surface area contributed by atoms with Crippen LogP contribution in [0.4, 0.5) is 0 Å². The fraction of sp³-hybridized carbons (Fsp3) is 0.625. The van der Waals surface area contributed by atoms with Crippen LogP contribution in [0.25, 0.3) is 0 Å². The Labute approximate surface area is 61.9 Å². The van der Waals surface area contributed by atoms with E-state index in [-0.39, 0.29) is 11.9 Å². The number of ether oxygens (including phenoxy) is 1. The highest BCUT2D eigenvalue weighted by atomic mass is 16.5. The molecule has 0 spiro atoms. The van der Waals surface area contributed by atoms with Crippen LogP contribution in [0.15, 0.2) is 11.6 Å². The summed E-state index contributed by atoms with van der Waals surface area (Å²) in [5.74, 6) is 0.0707. The number of ketones is 1. The third kappa shape index (κ3) is 3.41. The molecule has 0 heterocycles. The van der Waals surface area contributed by atoms with Crippen LogP contribution in [0, 0.1) is 0 Å². The largest absolute Gasteiger partial charge is 0.377 e. The van der Waals surface area contributed by atoms with Gasteiger partial charge in [-0.1, -0.05) is 0 Å². The van der Waals surface area contributed by atoms with E-state index < -0.39 is 0 Å². The van der Waals surface area contributed by atoms with Gasteiger partial charge in [-0.05, 0) is 32.4 Å². The van der Waals surface area contributed by atoms with E-state index in [4.69, 9.17) is 4.74 Å². The van der Waals surface area contributed by atoms with Crippen molar-refractivity contribution in [3.05, 3.63) is 11.6 Å². The summed E-state index contributed by atoms with van der Waals surface area (Å²) in [6.07, 6.45) is 1.64. The fourth-order valence-electron chi connectivity index (χ4n) is 0.624. The zero-order valence-electron chi connectivity index (χ0n) is 6.97. The van der Waals surface area contributed by atoms with Gasteiger partial charge in [0.05, 0.1) is 6.10 Å². The van der Waals surface area contributed by atoms with Crippen LogP contribution in [0.1, 0.15) is 20.8 Å². The molecule has 0 fully saturated rings. The lowest BCUT2D eigenvalue weighted by atomic mass is 10.1. The Kier molecular flexibility index (Phi) is 3.96. The first-order valence-electron chi connectivity index (χ1n) is 3.29. The topological polar surface area (TPSA) is 26.3 Å². The average molecular weight is 142 g/mol. The van der Waals surface area contributed by atoms with Crippen LogP contribution >= 0.6 is 0 Å². The summed E-state index contributed by atoms with van der Waals surface area (Å²) in [6.45, 7) is 5.33. The van der Waals surface area contributed by atoms with Gasteiger partial charge < -0.3 is 4.74 Å². The Morgan fingerprint density at radius 2 is 2.00 bits per heavy atom. The van der Waals surface area contributed by atoms with E-state index in [2.05, 4.69) is 0 Å². The first kappa shape index (κ1) is 9.37. The Bertz CT molecular complexity index is 147. The standard InChI is InChI=1S/C8H14O2/c1-6(5-7(2)9)8(3)10-4/h5,8H,1-4H3/b6-5+. The zero-order chi connectivity index (χ0) is 8.15. The molecule has 0 aromatic rings. The fourth-order valence-corrected chi connectivity index (χ4v) is 0.624. The number of allylic oxidation sites excluding steroid dienone is 1. The van der Waals surface area contributed by atoms with Crippen LogP contribution in [-0.2, 0) is 9.53 Å². The molecular weight excluding hydrogens is 128 g/mol. The second kappa shape index (κ2) is 4.23. The molecule has 0 aliphatic rings. The van der Waals surface area contributed by atoms with E-state index >= 15 is 0 Å². The molecule has 0 saturated carbocycles. The average Bonchev–Trinajstić information content (AvgIpc) is 1.85. The predicted octanol–water partition coefficient (Wildman–Crippen LogP) is 1.56. The molecule has 0 radical (unpaired) electrons. The maximum Gasteiger partial charge on any atom is 0.152 e. The lowest BCUT2D eigenvalue weighted by molar-refractivity contribution is -0.112. The molecule has 0 aromatic carbocycles. The van der Waals surface area contributed by atoms with Crippen molar-refractivity contribution in [1.29, 1.82) is 0 Å². The minimum absolute atomic E-state index is 0.0453. The van der Waals surface area contributed by atoms with Gasteiger partial charge in [-0.3, -0.25) is 4.79 Å². The molecule has 0 aromatic heterocycles. The SMILES string of the molecule is COC(C)/C(C)=C/C(C)=O. The van der Waals surface area contributed by atoms with Crippen molar-refractivity contribution in [2.75, 3.05) is 7.11 Å². The summed E-state index contributed by atoms with van der Waals surface area (Å²) in [5, 5.41) is 0.